The van der Waals surface area contributed by atoms with E-state index in [9.17, 15) is 4.79 Å². The van der Waals surface area contributed by atoms with Crippen molar-refractivity contribution in [2.45, 2.75) is 13.5 Å². The third-order valence-corrected chi connectivity index (χ3v) is 3.04. The Morgan fingerprint density at radius 2 is 2.00 bits per heavy atom. The van der Waals surface area contributed by atoms with Crippen LogP contribution in [0.15, 0.2) is 47.1 Å². The normalized spacial score (nSPS) is 10.0. The van der Waals surface area contributed by atoms with E-state index >= 15 is 0 Å². The Morgan fingerprint density at radius 1 is 1.26 bits per heavy atom. The summed E-state index contributed by atoms with van der Waals surface area (Å²) in [6, 6.07) is 13.1. The van der Waals surface area contributed by atoms with Gasteiger partial charge in [0.1, 0.15) is 11.2 Å². The lowest BCUT2D eigenvalue weighted by Crippen LogP contribution is -2.14. The quantitative estimate of drug-likeness (QED) is 0.872. The first-order valence-corrected chi connectivity index (χ1v) is 6.55. The molecule has 0 fully saturated rings. The lowest BCUT2D eigenvalue weighted by Gasteiger charge is -2.08. The molecule has 19 heavy (non-hydrogen) atoms. The zero-order chi connectivity index (χ0) is 13.7. The first-order chi connectivity index (χ1) is 9.15. The smallest absolute Gasteiger partial charge is 0.412 e. The Bertz CT molecular complexity index is 573. The molecule has 0 saturated carbocycles. The number of benzene rings is 1. The second-order valence-electron chi connectivity index (χ2n) is 3.98. The minimum atomic E-state index is -0.504. The van der Waals surface area contributed by atoms with Gasteiger partial charge in [-0.05, 0) is 40.5 Å². The van der Waals surface area contributed by atoms with E-state index in [2.05, 4.69) is 26.2 Å². The van der Waals surface area contributed by atoms with Crippen LogP contribution in [0.5, 0.6) is 0 Å². The van der Waals surface area contributed by atoms with Crippen molar-refractivity contribution in [3.05, 3.63) is 58.3 Å². The Kier molecular flexibility index (Phi) is 4.52. The predicted octanol–water partition coefficient (Wildman–Crippen LogP) is 3.90. The number of rotatable bonds is 3. The van der Waals surface area contributed by atoms with E-state index in [-0.39, 0.29) is 6.61 Å². The van der Waals surface area contributed by atoms with Crippen molar-refractivity contribution in [1.29, 1.82) is 0 Å². The largest absolute Gasteiger partial charge is 0.444 e. The van der Waals surface area contributed by atoms with Gasteiger partial charge < -0.3 is 4.74 Å². The minimum Gasteiger partial charge on any atom is -0.444 e. The molecule has 2 rings (SSSR count). The van der Waals surface area contributed by atoms with Crippen molar-refractivity contribution in [1.82, 2.24) is 4.98 Å². The first-order valence-electron chi connectivity index (χ1n) is 5.76. The van der Waals surface area contributed by atoms with Gasteiger partial charge in [-0.3, -0.25) is 5.32 Å². The minimum absolute atomic E-state index is 0.240. The Balaban J connectivity index is 1.91. The average molecular weight is 321 g/mol. The molecule has 98 valence electrons. The highest BCUT2D eigenvalue weighted by Crippen LogP contribution is 2.20. The summed E-state index contributed by atoms with van der Waals surface area (Å²) in [6.07, 6.45) is -0.504. The van der Waals surface area contributed by atoms with Gasteiger partial charge in [0.25, 0.3) is 0 Å². The molecule has 5 heteroatoms. The molecule has 0 aliphatic rings. The van der Waals surface area contributed by atoms with Crippen LogP contribution in [0.1, 0.15) is 11.3 Å². The standard InChI is InChI=1S/C14H13BrN2O2/c1-10-7-8-12(13(15)16-10)17-14(18)19-9-11-5-3-2-4-6-11/h2-8H,9H2,1H3,(H,17,18). The molecule has 0 aliphatic heterocycles. The molecule has 0 atom stereocenters. The number of pyridine rings is 1. The molecule has 0 saturated heterocycles. The summed E-state index contributed by atoms with van der Waals surface area (Å²) in [6.45, 7) is 2.12. The van der Waals surface area contributed by atoms with E-state index in [0.29, 0.717) is 10.3 Å². The third-order valence-electron chi connectivity index (χ3n) is 2.44. The average Bonchev–Trinajstić information content (AvgIpc) is 2.41. The van der Waals surface area contributed by atoms with E-state index in [1.807, 2.05) is 43.3 Å². The molecule has 0 radical (unpaired) electrons. The number of ether oxygens (including phenoxy) is 1. The van der Waals surface area contributed by atoms with Gasteiger partial charge in [0.2, 0.25) is 0 Å². The maximum Gasteiger partial charge on any atom is 0.412 e. The van der Waals surface area contributed by atoms with Crippen molar-refractivity contribution in [3.63, 3.8) is 0 Å². The van der Waals surface area contributed by atoms with Gasteiger partial charge in [-0.1, -0.05) is 30.3 Å². The summed E-state index contributed by atoms with van der Waals surface area (Å²) < 4.78 is 5.71. The van der Waals surface area contributed by atoms with Crippen LogP contribution in [-0.2, 0) is 11.3 Å². The predicted molar refractivity (Wildman–Crippen MR) is 76.9 cm³/mol. The van der Waals surface area contributed by atoms with Gasteiger partial charge in [-0.25, -0.2) is 9.78 Å². The zero-order valence-corrected chi connectivity index (χ0v) is 12.0. The number of aromatic nitrogens is 1. The van der Waals surface area contributed by atoms with Gasteiger partial charge in [0.05, 0.1) is 5.69 Å². The lowest BCUT2D eigenvalue weighted by molar-refractivity contribution is 0.155. The molecule has 1 amide bonds. The van der Waals surface area contributed by atoms with Crippen LogP contribution >= 0.6 is 15.9 Å². The molecule has 1 N–H and O–H groups in total. The van der Waals surface area contributed by atoms with Crippen molar-refractivity contribution in [2.75, 3.05) is 5.32 Å². The van der Waals surface area contributed by atoms with E-state index in [1.54, 1.807) is 6.07 Å². The Labute approximate surface area is 119 Å². The summed E-state index contributed by atoms with van der Waals surface area (Å²) in [5.74, 6) is 0. The van der Waals surface area contributed by atoms with Crippen LogP contribution in [0.4, 0.5) is 10.5 Å². The van der Waals surface area contributed by atoms with Gasteiger partial charge in [0.15, 0.2) is 0 Å². The van der Waals surface area contributed by atoms with E-state index in [1.165, 1.54) is 0 Å². The van der Waals surface area contributed by atoms with Crippen LogP contribution in [0.25, 0.3) is 0 Å². The topological polar surface area (TPSA) is 51.2 Å². The highest BCUT2D eigenvalue weighted by atomic mass is 79.9. The summed E-state index contributed by atoms with van der Waals surface area (Å²) in [5.41, 5.74) is 2.40. The zero-order valence-electron chi connectivity index (χ0n) is 10.4. The van der Waals surface area contributed by atoms with Crippen LogP contribution in [-0.4, -0.2) is 11.1 Å². The van der Waals surface area contributed by atoms with Crippen LogP contribution < -0.4 is 5.32 Å². The molecule has 0 aliphatic carbocycles. The van der Waals surface area contributed by atoms with Crippen LogP contribution in [0.3, 0.4) is 0 Å². The van der Waals surface area contributed by atoms with Crippen molar-refractivity contribution in [3.8, 4) is 0 Å². The lowest BCUT2D eigenvalue weighted by atomic mass is 10.2. The molecule has 4 nitrogen and oxygen atoms in total. The maximum atomic E-state index is 11.6. The third kappa shape index (κ3) is 4.06. The van der Waals surface area contributed by atoms with E-state index < -0.39 is 6.09 Å². The van der Waals surface area contributed by atoms with E-state index in [0.717, 1.165) is 11.3 Å². The van der Waals surface area contributed by atoms with Gasteiger partial charge in [-0.15, -0.1) is 0 Å². The molecular formula is C14H13BrN2O2. The van der Waals surface area contributed by atoms with Crippen molar-refractivity contribution < 1.29 is 9.53 Å². The second-order valence-corrected chi connectivity index (χ2v) is 4.73. The number of amides is 1. The second kappa shape index (κ2) is 6.33. The maximum absolute atomic E-state index is 11.6. The van der Waals surface area contributed by atoms with Crippen molar-refractivity contribution in [2.24, 2.45) is 0 Å². The number of carbonyl (C=O) groups excluding carboxylic acids is 1. The molecule has 0 unspecified atom stereocenters. The molecule has 1 aromatic heterocycles. The summed E-state index contributed by atoms with van der Waals surface area (Å²) >= 11 is 3.29. The fraction of sp³-hybridized carbons (Fsp3) is 0.143. The Morgan fingerprint density at radius 3 is 2.68 bits per heavy atom. The van der Waals surface area contributed by atoms with Crippen LogP contribution in [0, 0.1) is 6.92 Å². The molecule has 1 heterocycles. The monoisotopic (exact) mass is 320 g/mol. The van der Waals surface area contributed by atoms with Crippen LogP contribution in [0.2, 0.25) is 0 Å². The fourth-order valence-electron chi connectivity index (χ4n) is 1.49. The summed E-state index contributed by atoms with van der Waals surface area (Å²) in [4.78, 5) is 15.8. The molecule has 0 bridgehead atoms. The number of nitrogens with one attached hydrogen (secondary N) is 1. The molecule has 0 spiro atoms. The highest BCUT2D eigenvalue weighted by Gasteiger charge is 2.07. The van der Waals surface area contributed by atoms with Gasteiger partial charge in [-0.2, -0.15) is 0 Å². The van der Waals surface area contributed by atoms with Crippen molar-refractivity contribution >= 4 is 27.7 Å². The summed E-state index contributed by atoms with van der Waals surface area (Å²) in [7, 11) is 0. The molecular weight excluding hydrogens is 308 g/mol. The number of nitrogens with zero attached hydrogens (tertiary/aromatic N) is 1. The Hall–Kier alpha value is -1.88. The summed E-state index contributed by atoms with van der Waals surface area (Å²) in [5, 5.41) is 2.64. The van der Waals surface area contributed by atoms with E-state index in [4.69, 9.17) is 4.74 Å². The number of hydrogen-bond donors (Lipinski definition) is 1. The number of anilines is 1. The van der Waals surface area contributed by atoms with Gasteiger partial charge in [0, 0.05) is 5.69 Å². The van der Waals surface area contributed by atoms with Gasteiger partial charge >= 0.3 is 6.09 Å². The first kappa shape index (κ1) is 13.5. The number of aryl methyl sites for hydroxylation is 1. The molecule has 2 aromatic rings. The number of carbonyl (C=O) groups is 1. The fourth-order valence-corrected chi connectivity index (χ4v) is 2.00. The highest BCUT2D eigenvalue weighted by molar-refractivity contribution is 9.10. The number of hydrogen-bond acceptors (Lipinski definition) is 3. The number of halogens is 1. The SMILES string of the molecule is Cc1ccc(NC(=O)OCc2ccccc2)c(Br)n1. The molecule has 1 aromatic carbocycles.